The van der Waals surface area contributed by atoms with Gasteiger partial charge in [-0.1, -0.05) is 6.92 Å². The lowest BCUT2D eigenvalue weighted by molar-refractivity contribution is -0.123. The van der Waals surface area contributed by atoms with Crippen LogP contribution in [0.5, 0.6) is 0 Å². The highest BCUT2D eigenvalue weighted by Gasteiger charge is 2.20. The van der Waals surface area contributed by atoms with Gasteiger partial charge in [-0.2, -0.15) is 0 Å². The van der Waals surface area contributed by atoms with E-state index in [1.807, 2.05) is 6.92 Å². The average molecular weight is 229 g/mol. The summed E-state index contributed by atoms with van der Waals surface area (Å²) in [5.74, 6) is 0.0275. The molecule has 0 bridgehead atoms. The van der Waals surface area contributed by atoms with Crippen LogP contribution in [0.2, 0.25) is 0 Å². The van der Waals surface area contributed by atoms with Gasteiger partial charge in [0.05, 0.1) is 18.8 Å². The Bertz CT molecular complexity index is 223. The second kappa shape index (κ2) is 6.83. The van der Waals surface area contributed by atoms with Crippen molar-refractivity contribution in [3.05, 3.63) is 0 Å². The van der Waals surface area contributed by atoms with Gasteiger partial charge in [-0.25, -0.2) is 0 Å². The zero-order valence-corrected chi connectivity index (χ0v) is 10.5. The Kier molecular flexibility index (Phi) is 5.73. The van der Waals surface area contributed by atoms with Gasteiger partial charge in [-0.3, -0.25) is 9.69 Å². The van der Waals surface area contributed by atoms with Crippen LogP contribution in [0.3, 0.4) is 0 Å². The number of carbonyl (C=O) groups excluding carboxylic acids is 1. The van der Waals surface area contributed by atoms with Crippen LogP contribution in [0.15, 0.2) is 0 Å². The molecule has 0 radical (unpaired) electrons. The van der Waals surface area contributed by atoms with Crippen molar-refractivity contribution in [1.82, 2.24) is 15.5 Å². The molecule has 0 aliphatic carbocycles. The first kappa shape index (κ1) is 13.4. The number of nitrogens with zero attached hydrogens (tertiary/aromatic N) is 1. The molecule has 2 unspecified atom stereocenters. The molecule has 0 aromatic carbocycles. The summed E-state index contributed by atoms with van der Waals surface area (Å²) in [5.41, 5.74) is 0. The lowest BCUT2D eigenvalue weighted by atomic mass is 10.2. The number of morpholine rings is 1. The summed E-state index contributed by atoms with van der Waals surface area (Å²) >= 11 is 0. The number of hydrogen-bond acceptors (Lipinski definition) is 4. The average Bonchev–Trinajstić information content (AvgIpc) is 2.35. The molecule has 1 rings (SSSR count). The van der Waals surface area contributed by atoms with Crippen LogP contribution in [-0.2, 0) is 9.53 Å². The molecule has 94 valence electrons. The van der Waals surface area contributed by atoms with E-state index in [1.54, 1.807) is 7.05 Å². The van der Waals surface area contributed by atoms with E-state index in [0.717, 1.165) is 26.2 Å². The molecule has 5 heteroatoms. The number of likely N-dealkylation sites (N-methyl/N-ethyl adjacent to an activating group) is 2. The zero-order valence-electron chi connectivity index (χ0n) is 10.5. The Morgan fingerprint density at radius 2 is 2.38 bits per heavy atom. The summed E-state index contributed by atoms with van der Waals surface area (Å²) in [4.78, 5) is 13.9. The summed E-state index contributed by atoms with van der Waals surface area (Å²) < 4.78 is 5.60. The van der Waals surface area contributed by atoms with Crippen molar-refractivity contribution in [3.8, 4) is 0 Å². The Balaban J connectivity index is 2.24. The van der Waals surface area contributed by atoms with Gasteiger partial charge < -0.3 is 15.4 Å². The van der Waals surface area contributed by atoms with Gasteiger partial charge in [0.25, 0.3) is 0 Å². The van der Waals surface area contributed by atoms with Crippen LogP contribution in [-0.4, -0.2) is 62.8 Å². The fourth-order valence-corrected chi connectivity index (χ4v) is 1.69. The maximum atomic E-state index is 11.5. The molecule has 0 aromatic heterocycles. The molecular formula is C11H23N3O2. The molecule has 16 heavy (non-hydrogen) atoms. The maximum absolute atomic E-state index is 11.5. The van der Waals surface area contributed by atoms with Crippen LogP contribution in [0.25, 0.3) is 0 Å². The van der Waals surface area contributed by atoms with Gasteiger partial charge in [0.1, 0.15) is 0 Å². The van der Waals surface area contributed by atoms with E-state index >= 15 is 0 Å². The second-order valence-electron chi connectivity index (χ2n) is 4.14. The number of hydrogen-bond donors (Lipinski definition) is 2. The third-order valence-corrected chi connectivity index (χ3v) is 3.00. The number of nitrogens with one attached hydrogen (secondary N) is 2. The van der Waals surface area contributed by atoms with Gasteiger partial charge in [0.15, 0.2) is 0 Å². The molecule has 0 saturated carbocycles. The Morgan fingerprint density at radius 3 is 3.00 bits per heavy atom. The van der Waals surface area contributed by atoms with E-state index in [4.69, 9.17) is 4.74 Å². The summed E-state index contributed by atoms with van der Waals surface area (Å²) in [6.07, 6.45) is 0.127. The Hall–Kier alpha value is -0.650. The quantitative estimate of drug-likeness (QED) is 0.663. The monoisotopic (exact) mass is 229 g/mol. The van der Waals surface area contributed by atoms with Gasteiger partial charge in [0.2, 0.25) is 5.91 Å². The predicted octanol–water partition coefficient (Wildman–Crippen LogP) is -0.569. The lowest BCUT2D eigenvalue weighted by Crippen LogP contribution is -2.49. The molecule has 2 atom stereocenters. The molecule has 0 aromatic rings. The van der Waals surface area contributed by atoms with Gasteiger partial charge in [-0.15, -0.1) is 0 Å². The van der Waals surface area contributed by atoms with Crippen LogP contribution in [0.4, 0.5) is 0 Å². The predicted molar refractivity (Wildman–Crippen MR) is 63.4 cm³/mol. The smallest absolute Gasteiger partial charge is 0.236 e. The van der Waals surface area contributed by atoms with E-state index in [0.29, 0.717) is 6.54 Å². The van der Waals surface area contributed by atoms with Crippen molar-refractivity contribution in [3.63, 3.8) is 0 Å². The van der Waals surface area contributed by atoms with Crippen molar-refractivity contribution in [2.45, 2.75) is 26.0 Å². The summed E-state index contributed by atoms with van der Waals surface area (Å²) in [6.45, 7) is 8.29. The molecule has 1 saturated heterocycles. The first-order valence-electron chi connectivity index (χ1n) is 5.96. The Morgan fingerprint density at radius 1 is 1.62 bits per heavy atom. The molecule has 1 fully saturated rings. The van der Waals surface area contributed by atoms with Gasteiger partial charge in [-0.05, 0) is 20.5 Å². The second-order valence-corrected chi connectivity index (χ2v) is 4.14. The van der Waals surface area contributed by atoms with Crippen LogP contribution < -0.4 is 10.6 Å². The fraction of sp³-hybridized carbons (Fsp3) is 0.909. The normalized spacial score (nSPS) is 24.1. The SMILES string of the molecule is CCN1CCOC(CNC(=O)C(C)NC)C1. The number of rotatable bonds is 5. The van der Waals surface area contributed by atoms with Crippen molar-refractivity contribution < 1.29 is 9.53 Å². The van der Waals surface area contributed by atoms with E-state index in [2.05, 4.69) is 22.5 Å². The van der Waals surface area contributed by atoms with Crippen LogP contribution in [0, 0.1) is 0 Å². The zero-order chi connectivity index (χ0) is 12.0. The number of amides is 1. The van der Waals surface area contributed by atoms with Crippen molar-refractivity contribution in [2.75, 3.05) is 39.8 Å². The molecule has 0 spiro atoms. The summed E-state index contributed by atoms with van der Waals surface area (Å²) in [5, 5.41) is 5.80. The molecular weight excluding hydrogens is 206 g/mol. The van der Waals surface area contributed by atoms with E-state index in [9.17, 15) is 4.79 Å². The standard InChI is InChI=1S/C11H23N3O2/c1-4-14-5-6-16-10(8-14)7-13-11(15)9(2)12-3/h9-10,12H,4-8H2,1-3H3,(H,13,15). The van der Waals surface area contributed by atoms with E-state index < -0.39 is 0 Å². The molecule has 1 aliphatic rings. The highest BCUT2D eigenvalue weighted by atomic mass is 16.5. The largest absolute Gasteiger partial charge is 0.374 e. The first-order valence-corrected chi connectivity index (χ1v) is 5.96. The summed E-state index contributed by atoms with van der Waals surface area (Å²) in [7, 11) is 1.78. The van der Waals surface area contributed by atoms with Crippen LogP contribution in [0.1, 0.15) is 13.8 Å². The minimum atomic E-state index is -0.147. The summed E-state index contributed by atoms with van der Waals surface area (Å²) in [6, 6.07) is -0.147. The lowest BCUT2D eigenvalue weighted by Gasteiger charge is -2.32. The third-order valence-electron chi connectivity index (χ3n) is 3.00. The third kappa shape index (κ3) is 4.08. The van der Waals surface area contributed by atoms with E-state index in [1.165, 1.54) is 0 Å². The van der Waals surface area contributed by atoms with Gasteiger partial charge >= 0.3 is 0 Å². The topological polar surface area (TPSA) is 53.6 Å². The minimum Gasteiger partial charge on any atom is -0.374 e. The molecule has 1 amide bonds. The highest BCUT2D eigenvalue weighted by molar-refractivity contribution is 5.81. The minimum absolute atomic E-state index is 0.0275. The van der Waals surface area contributed by atoms with Crippen molar-refractivity contribution in [1.29, 1.82) is 0 Å². The van der Waals surface area contributed by atoms with Gasteiger partial charge in [0, 0.05) is 19.6 Å². The molecule has 5 nitrogen and oxygen atoms in total. The van der Waals surface area contributed by atoms with Crippen molar-refractivity contribution >= 4 is 5.91 Å². The molecule has 1 heterocycles. The fourth-order valence-electron chi connectivity index (χ4n) is 1.69. The highest BCUT2D eigenvalue weighted by Crippen LogP contribution is 2.03. The number of ether oxygens (including phenoxy) is 1. The molecule has 1 aliphatic heterocycles. The first-order chi connectivity index (χ1) is 7.67. The van der Waals surface area contributed by atoms with Crippen LogP contribution >= 0.6 is 0 Å². The van der Waals surface area contributed by atoms with E-state index in [-0.39, 0.29) is 18.1 Å². The Labute approximate surface area is 97.5 Å². The number of carbonyl (C=O) groups is 1. The maximum Gasteiger partial charge on any atom is 0.236 e. The van der Waals surface area contributed by atoms with Crippen molar-refractivity contribution in [2.24, 2.45) is 0 Å². The molecule has 2 N–H and O–H groups in total.